The quantitative estimate of drug-likeness (QED) is 0.581. The van der Waals surface area contributed by atoms with Gasteiger partial charge in [0.05, 0.1) is 0 Å². The highest BCUT2D eigenvalue weighted by Crippen LogP contribution is 2.45. The van der Waals surface area contributed by atoms with E-state index in [4.69, 9.17) is 5.11 Å². The lowest BCUT2D eigenvalue weighted by molar-refractivity contribution is -0.380. The van der Waals surface area contributed by atoms with Crippen LogP contribution in [0.4, 0.5) is 31.1 Å². The Kier molecular flexibility index (Phi) is 2.95. The monoisotopic (exact) mass is 226 g/mol. The van der Waals surface area contributed by atoms with Gasteiger partial charge in [0.1, 0.15) is 0 Å². The van der Waals surface area contributed by atoms with Crippen LogP contribution in [0.25, 0.3) is 0 Å². The second kappa shape index (κ2) is 3.21. The molecule has 0 aromatic carbocycles. The highest BCUT2D eigenvalue weighted by molar-refractivity contribution is 5.57. The molecule has 0 radical (unpaired) electrons. The maximum absolute atomic E-state index is 12.6. The van der Waals surface area contributed by atoms with Crippen molar-refractivity contribution in [2.75, 3.05) is 0 Å². The molecule has 14 heavy (non-hydrogen) atoms. The van der Waals surface area contributed by atoms with Crippen LogP contribution in [0.2, 0.25) is 0 Å². The summed E-state index contributed by atoms with van der Waals surface area (Å²) in [6.07, 6.45) is -8.93. The summed E-state index contributed by atoms with van der Waals surface area (Å²) in [5.41, 5.74) is 0. The lowest BCUT2D eigenvalue weighted by atomic mass is 10.1. The predicted molar refractivity (Wildman–Crippen MR) is 29.6 cm³/mol. The Balaban J connectivity index is 5.18. The average molecular weight is 226 g/mol. The molecule has 0 aliphatic rings. The molecule has 0 saturated carbocycles. The highest BCUT2D eigenvalue weighted by Gasteiger charge is 2.73. The molecule has 1 N–H and O–H groups in total. The summed E-state index contributed by atoms with van der Waals surface area (Å²) in [6.45, 7) is -0.441. The first-order valence-electron chi connectivity index (χ1n) is 2.97. The van der Waals surface area contributed by atoms with Crippen molar-refractivity contribution in [3.63, 3.8) is 0 Å². The topological polar surface area (TPSA) is 46.5 Å². The minimum Gasteiger partial charge on any atom is -0.450 e. The summed E-state index contributed by atoms with van der Waals surface area (Å²) in [5.74, 6) is -10.6. The Hall–Kier alpha value is -1.15. The van der Waals surface area contributed by atoms with Gasteiger partial charge < -0.3 is 9.84 Å². The number of rotatable bonds is 2. The van der Waals surface area contributed by atoms with Gasteiger partial charge in [-0.1, -0.05) is 0 Å². The molecule has 0 heterocycles. The Bertz CT molecular complexity index is 215. The lowest BCUT2D eigenvalue weighted by Gasteiger charge is -2.30. The van der Waals surface area contributed by atoms with Gasteiger partial charge >= 0.3 is 24.1 Å². The van der Waals surface area contributed by atoms with Gasteiger partial charge in [0, 0.05) is 6.92 Å². The first kappa shape index (κ1) is 12.8. The van der Waals surface area contributed by atoms with Crippen LogP contribution >= 0.6 is 0 Å². The van der Waals surface area contributed by atoms with E-state index in [1.54, 1.807) is 0 Å². The van der Waals surface area contributed by atoms with Gasteiger partial charge in [0.2, 0.25) is 0 Å². The molecule has 0 rings (SSSR count). The van der Waals surface area contributed by atoms with Crippen molar-refractivity contribution in [2.24, 2.45) is 0 Å². The minimum atomic E-state index is -6.15. The van der Waals surface area contributed by atoms with Crippen molar-refractivity contribution in [2.45, 2.75) is 24.9 Å². The summed E-state index contributed by atoms with van der Waals surface area (Å²) in [7, 11) is 0. The molecule has 3 nitrogen and oxygen atoms in total. The van der Waals surface area contributed by atoms with Crippen LogP contribution in [-0.2, 0) is 4.74 Å². The fourth-order valence-electron chi connectivity index (χ4n) is 0.517. The zero-order chi connectivity index (χ0) is 11.8. The van der Waals surface area contributed by atoms with Gasteiger partial charge in [0.15, 0.2) is 0 Å². The largest absolute Gasteiger partial charge is 0.509 e. The van der Waals surface area contributed by atoms with Gasteiger partial charge in [-0.2, -0.15) is 26.3 Å². The van der Waals surface area contributed by atoms with Crippen molar-refractivity contribution in [1.29, 1.82) is 0 Å². The molecule has 0 spiro atoms. The molecule has 0 aromatic rings. The normalized spacial score (nSPS) is 17.4. The van der Waals surface area contributed by atoms with Crippen LogP contribution in [0.3, 0.4) is 0 Å². The van der Waals surface area contributed by atoms with Crippen LogP contribution < -0.4 is 0 Å². The van der Waals surface area contributed by atoms with Crippen LogP contribution in [0.1, 0.15) is 6.92 Å². The number of hydrogen-bond donors (Lipinski definition) is 1. The maximum atomic E-state index is 12.6. The van der Waals surface area contributed by atoms with Gasteiger partial charge in [-0.3, -0.25) is 0 Å². The number of halogens is 6. The maximum Gasteiger partial charge on any atom is 0.509 e. The number of ether oxygens (including phenoxy) is 1. The molecule has 0 bridgehead atoms. The van der Waals surface area contributed by atoms with Crippen molar-refractivity contribution < 1.29 is 41.0 Å². The lowest BCUT2D eigenvalue weighted by Crippen LogP contribution is -2.56. The van der Waals surface area contributed by atoms with Gasteiger partial charge in [-0.05, 0) is 0 Å². The van der Waals surface area contributed by atoms with Crippen LogP contribution in [-0.4, -0.2) is 29.2 Å². The number of carbonyl (C=O) groups is 1. The van der Waals surface area contributed by atoms with E-state index in [1.165, 1.54) is 0 Å². The summed E-state index contributed by atoms with van der Waals surface area (Å²) >= 11 is 0. The van der Waals surface area contributed by atoms with Gasteiger partial charge in [0.25, 0.3) is 0 Å². The van der Waals surface area contributed by atoms with Crippen LogP contribution in [0.15, 0.2) is 0 Å². The molecule has 0 saturated heterocycles. The average Bonchev–Trinajstić information content (AvgIpc) is 1.79. The van der Waals surface area contributed by atoms with E-state index in [0.717, 1.165) is 0 Å². The van der Waals surface area contributed by atoms with E-state index < -0.39 is 31.0 Å². The molecule has 0 amide bonds. The Morgan fingerprint density at radius 1 is 1.14 bits per heavy atom. The number of alkyl halides is 6. The molecular formula is C5H4F6O3. The molecule has 0 aliphatic heterocycles. The van der Waals surface area contributed by atoms with E-state index in [0.29, 0.717) is 0 Å². The smallest absolute Gasteiger partial charge is 0.450 e. The predicted octanol–water partition coefficient (Wildman–Crippen LogP) is 2.56. The summed E-state index contributed by atoms with van der Waals surface area (Å²) in [4.78, 5) is 9.61. The van der Waals surface area contributed by atoms with Crippen LogP contribution in [0, 0.1) is 0 Å². The third kappa shape index (κ3) is 2.20. The van der Waals surface area contributed by atoms with E-state index in [-0.39, 0.29) is 0 Å². The molecular weight excluding hydrogens is 222 g/mol. The zero-order valence-electron chi connectivity index (χ0n) is 6.53. The zero-order valence-corrected chi connectivity index (χ0v) is 6.53. The number of hydrogen-bond acceptors (Lipinski definition) is 2. The standard InChI is InChI=1S/C5H4F6O3/c1-3(6,7)4(8,5(9,10)11)14-2(12)13/h1H3,(H,12,13). The van der Waals surface area contributed by atoms with E-state index >= 15 is 0 Å². The van der Waals surface area contributed by atoms with E-state index in [1.807, 2.05) is 0 Å². The van der Waals surface area contributed by atoms with Crippen molar-refractivity contribution in [3.8, 4) is 0 Å². The Morgan fingerprint density at radius 2 is 1.50 bits per heavy atom. The van der Waals surface area contributed by atoms with Crippen molar-refractivity contribution in [1.82, 2.24) is 0 Å². The second-order valence-electron chi connectivity index (χ2n) is 2.35. The van der Waals surface area contributed by atoms with E-state index in [2.05, 4.69) is 4.74 Å². The van der Waals surface area contributed by atoms with Gasteiger partial charge in [-0.25, -0.2) is 4.79 Å². The molecule has 1 atom stereocenters. The summed E-state index contributed by atoms with van der Waals surface area (Å²) < 4.78 is 74.6. The minimum absolute atomic E-state index is 0.441. The van der Waals surface area contributed by atoms with Crippen molar-refractivity contribution in [3.05, 3.63) is 0 Å². The third-order valence-corrected chi connectivity index (χ3v) is 1.16. The van der Waals surface area contributed by atoms with Crippen LogP contribution in [0.5, 0.6) is 0 Å². The Labute approximate surface area is 73.3 Å². The van der Waals surface area contributed by atoms with Crippen molar-refractivity contribution >= 4 is 6.16 Å². The fourth-order valence-corrected chi connectivity index (χ4v) is 0.517. The summed E-state index contributed by atoms with van der Waals surface area (Å²) in [6, 6.07) is 0. The fraction of sp³-hybridized carbons (Fsp3) is 0.800. The molecule has 84 valence electrons. The first-order chi connectivity index (χ1) is 5.92. The van der Waals surface area contributed by atoms with Gasteiger partial charge in [-0.15, -0.1) is 0 Å². The Morgan fingerprint density at radius 3 is 1.57 bits per heavy atom. The third-order valence-electron chi connectivity index (χ3n) is 1.16. The van der Waals surface area contributed by atoms with E-state index in [9.17, 15) is 31.1 Å². The molecule has 1 unspecified atom stereocenters. The molecule has 0 fully saturated rings. The molecule has 9 heteroatoms. The second-order valence-corrected chi connectivity index (χ2v) is 2.35. The first-order valence-corrected chi connectivity index (χ1v) is 2.97. The SMILES string of the molecule is CC(F)(F)C(F)(OC(=O)O)C(F)(F)F. The number of carboxylic acid groups (broad SMARTS) is 1. The molecule has 0 aliphatic carbocycles. The highest BCUT2D eigenvalue weighted by atomic mass is 19.4. The summed E-state index contributed by atoms with van der Waals surface area (Å²) in [5, 5.41) is 7.68. The molecule has 0 aromatic heterocycles.